The van der Waals surface area contributed by atoms with Crippen molar-refractivity contribution in [1.82, 2.24) is 10.2 Å². The minimum absolute atomic E-state index is 0.0735. The molecule has 1 aliphatic heterocycles. The van der Waals surface area contributed by atoms with Crippen molar-refractivity contribution >= 4 is 16.7 Å². The van der Waals surface area contributed by atoms with Gasteiger partial charge in [0.05, 0.1) is 5.56 Å². The number of fused-ring (bicyclic) bond motifs is 1. The Morgan fingerprint density at radius 3 is 2.90 bits per heavy atom. The number of phenols is 1. The van der Waals surface area contributed by atoms with E-state index < -0.39 is 0 Å². The van der Waals surface area contributed by atoms with Crippen LogP contribution in [0.3, 0.4) is 0 Å². The number of carbonyl (C=O) groups excluding carboxylic acids is 1. The SMILES string of the molecule is CN(CC1CCCN1)C(=O)c1ccc2ccccc2c1O. The third-order valence-electron chi connectivity index (χ3n) is 4.13. The highest BCUT2D eigenvalue weighted by Gasteiger charge is 2.22. The number of nitrogens with zero attached hydrogens (tertiary/aromatic N) is 1. The van der Waals surface area contributed by atoms with Gasteiger partial charge in [-0.15, -0.1) is 0 Å². The fourth-order valence-corrected chi connectivity index (χ4v) is 2.96. The van der Waals surface area contributed by atoms with Crippen LogP contribution in [0.25, 0.3) is 10.8 Å². The van der Waals surface area contributed by atoms with Gasteiger partial charge in [-0.1, -0.05) is 30.3 Å². The second-order valence-corrected chi connectivity index (χ2v) is 5.66. The van der Waals surface area contributed by atoms with Crippen LogP contribution in [0.2, 0.25) is 0 Å². The first kappa shape index (κ1) is 13.9. The number of phenolic OH excluding ortho intramolecular Hbond substituents is 1. The van der Waals surface area contributed by atoms with Gasteiger partial charge in [-0.25, -0.2) is 0 Å². The van der Waals surface area contributed by atoms with Crippen molar-refractivity contribution in [3.63, 3.8) is 0 Å². The Labute approximate surface area is 124 Å². The van der Waals surface area contributed by atoms with Crippen molar-refractivity contribution in [1.29, 1.82) is 0 Å². The maximum absolute atomic E-state index is 12.5. The summed E-state index contributed by atoms with van der Waals surface area (Å²) < 4.78 is 0. The summed E-state index contributed by atoms with van der Waals surface area (Å²) in [6, 6.07) is 11.5. The third-order valence-corrected chi connectivity index (χ3v) is 4.13. The van der Waals surface area contributed by atoms with Crippen LogP contribution in [0.5, 0.6) is 5.75 Å². The van der Waals surface area contributed by atoms with Crippen molar-refractivity contribution in [2.45, 2.75) is 18.9 Å². The summed E-state index contributed by atoms with van der Waals surface area (Å²) in [6.07, 6.45) is 2.26. The Hall–Kier alpha value is -2.07. The summed E-state index contributed by atoms with van der Waals surface area (Å²) in [7, 11) is 1.79. The summed E-state index contributed by atoms with van der Waals surface area (Å²) in [5.41, 5.74) is 0.370. The van der Waals surface area contributed by atoms with Crippen LogP contribution in [0.1, 0.15) is 23.2 Å². The van der Waals surface area contributed by atoms with E-state index in [1.54, 1.807) is 18.0 Å². The van der Waals surface area contributed by atoms with Crippen molar-refractivity contribution in [3.05, 3.63) is 42.0 Å². The Morgan fingerprint density at radius 2 is 2.14 bits per heavy atom. The molecular weight excluding hydrogens is 264 g/mol. The molecule has 1 saturated heterocycles. The molecule has 0 aliphatic carbocycles. The number of hydrogen-bond acceptors (Lipinski definition) is 3. The molecule has 0 bridgehead atoms. The van der Waals surface area contributed by atoms with Crippen molar-refractivity contribution in [2.75, 3.05) is 20.1 Å². The third kappa shape index (κ3) is 2.72. The van der Waals surface area contributed by atoms with E-state index >= 15 is 0 Å². The largest absolute Gasteiger partial charge is 0.506 e. The van der Waals surface area contributed by atoms with Gasteiger partial charge in [0, 0.05) is 25.0 Å². The molecule has 2 aromatic carbocycles. The number of rotatable bonds is 3. The number of benzene rings is 2. The molecule has 110 valence electrons. The van der Waals surface area contributed by atoms with Gasteiger partial charge < -0.3 is 15.3 Å². The minimum atomic E-state index is -0.132. The zero-order valence-corrected chi connectivity index (χ0v) is 12.2. The summed E-state index contributed by atoms with van der Waals surface area (Å²) in [5, 5.41) is 15.4. The Balaban J connectivity index is 1.85. The summed E-state index contributed by atoms with van der Waals surface area (Å²) in [5.74, 6) is -0.0590. The number of hydrogen-bond donors (Lipinski definition) is 2. The van der Waals surface area contributed by atoms with Crippen molar-refractivity contribution in [3.8, 4) is 5.75 Å². The molecule has 1 atom stereocenters. The lowest BCUT2D eigenvalue weighted by atomic mass is 10.0. The highest BCUT2D eigenvalue weighted by atomic mass is 16.3. The molecule has 1 amide bonds. The normalized spacial score (nSPS) is 18.0. The molecule has 0 spiro atoms. The fourth-order valence-electron chi connectivity index (χ4n) is 2.96. The lowest BCUT2D eigenvalue weighted by Crippen LogP contribution is -2.38. The summed E-state index contributed by atoms with van der Waals surface area (Å²) in [6.45, 7) is 1.69. The predicted molar refractivity (Wildman–Crippen MR) is 83.6 cm³/mol. The van der Waals surface area contributed by atoms with Crippen LogP contribution in [-0.2, 0) is 0 Å². The molecule has 21 heavy (non-hydrogen) atoms. The van der Waals surface area contributed by atoms with E-state index in [9.17, 15) is 9.90 Å². The van der Waals surface area contributed by atoms with Gasteiger partial charge in [0.1, 0.15) is 5.75 Å². The monoisotopic (exact) mass is 284 g/mol. The van der Waals surface area contributed by atoms with Crippen LogP contribution in [0, 0.1) is 0 Å². The molecule has 1 unspecified atom stereocenters. The zero-order valence-electron chi connectivity index (χ0n) is 12.2. The van der Waals surface area contributed by atoms with Crippen molar-refractivity contribution in [2.24, 2.45) is 0 Å². The highest BCUT2D eigenvalue weighted by molar-refractivity contribution is 6.03. The lowest BCUT2D eigenvalue weighted by Gasteiger charge is -2.22. The molecule has 3 rings (SSSR count). The fraction of sp³-hybridized carbons (Fsp3) is 0.353. The average Bonchev–Trinajstić information content (AvgIpc) is 3.00. The van der Waals surface area contributed by atoms with Crippen LogP contribution in [-0.4, -0.2) is 42.1 Å². The maximum atomic E-state index is 12.5. The molecule has 1 heterocycles. The van der Waals surface area contributed by atoms with E-state index in [2.05, 4.69) is 5.32 Å². The molecule has 0 radical (unpaired) electrons. The van der Waals surface area contributed by atoms with E-state index in [0.29, 0.717) is 18.2 Å². The average molecular weight is 284 g/mol. The first-order chi connectivity index (χ1) is 10.2. The van der Waals surface area contributed by atoms with Crippen molar-refractivity contribution < 1.29 is 9.90 Å². The van der Waals surface area contributed by atoms with E-state index in [-0.39, 0.29) is 11.7 Å². The van der Waals surface area contributed by atoms with E-state index in [1.807, 2.05) is 30.3 Å². The quantitative estimate of drug-likeness (QED) is 0.910. The number of carbonyl (C=O) groups is 1. The summed E-state index contributed by atoms with van der Waals surface area (Å²) >= 11 is 0. The number of likely N-dealkylation sites (N-methyl/N-ethyl adjacent to an activating group) is 1. The smallest absolute Gasteiger partial charge is 0.257 e. The van der Waals surface area contributed by atoms with Gasteiger partial charge >= 0.3 is 0 Å². The molecule has 1 aliphatic rings. The van der Waals surface area contributed by atoms with E-state index in [4.69, 9.17) is 0 Å². The van der Waals surface area contributed by atoms with Crippen LogP contribution in [0.15, 0.2) is 36.4 Å². The van der Waals surface area contributed by atoms with Gasteiger partial charge in [0.25, 0.3) is 5.91 Å². The number of nitrogens with one attached hydrogen (secondary N) is 1. The van der Waals surface area contributed by atoms with Gasteiger partial charge in [-0.2, -0.15) is 0 Å². The van der Waals surface area contributed by atoms with Gasteiger partial charge in [0.15, 0.2) is 0 Å². The number of aromatic hydroxyl groups is 1. The predicted octanol–water partition coefficient (Wildman–Crippen LogP) is 2.37. The first-order valence-electron chi connectivity index (χ1n) is 7.36. The van der Waals surface area contributed by atoms with E-state index in [0.717, 1.165) is 30.2 Å². The number of amides is 1. The van der Waals surface area contributed by atoms with Crippen LogP contribution >= 0.6 is 0 Å². The Bertz CT molecular complexity index is 663. The molecule has 0 aromatic heterocycles. The molecule has 2 N–H and O–H groups in total. The maximum Gasteiger partial charge on any atom is 0.257 e. The second-order valence-electron chi connectivity index (χ2n) is 5.66. The second kappa shape index (κ2) is 5.74. The molecule has 4 heteroatoms. The van der Waals surface area contributed by atoms with Crippen LogP contribution < -0.4 is 5.32 Å². The minimum Gasteiger partial charge on any atom is -0.506 e. The molecule has 2 aromatic rings. The topological polar surface area (TPSA) is 52.6 Å². The zero-order chi connectivity index (χ0) is 14.8. The summed E-state index contributed by atoms with van der Waals surface area (Å²) in [4.78, 5) is 14.2. The van der Waals surface area contributed by atoms with E-state index in [1.165, 1.54) is 0 Å². The lowest BCUT2D eigenvalue weighted by molar-refractivity contribution is 0.0781. The Kier molecular flexibility index (Phi) is 3.80. The van der Waals surface area contributed by atoms with Gasteiger partial charge in [0.2, 0.25) is 0 Å². The standard InChI is InChI=1S/C17H20N2O2/c1-19(11-13-6-4-10-18-13)17(21)15-9-8-12-5-2-3-7-14(12)16(15)20/h2-3,5,7-9,13,18,20H,4,6,10-11H2,1H3. The van der Waals surface area contributed by atoms with Gasteiger partial charge in [-0.3, -0.25) is 4.79 Å². The first-order valence-corrected chi connectivity index (χ1v) is 7.36. The Morgan fingerprint density at radius 1 is 1.33 bits per heavy atom. The molecule has 1 fully saturated rings. The molecule has 4 nitrogen and oxygen atoms in total. The molecule has 0 saturated carbocycles. The van der Waals surface area contributed by atoms with Gasteiger partial charge in [-0.05, 0) is 30.8 Å². The highest BCUT2D eigenvalue weighted by Crippen LogP contribution is 2.29. The van der Waals surface area contributed by atoms with Crippen LogP contribution in [0.4, 0.5) is 0 Å². The molecular formula is C17H20N2O2.